The van der Waals surface area contributed by atoms with Crippen LogP contribution >= 0.6 is 11.6 Å². The van der Waals surface area contributed by atoms with Gasteiger partial charge >= 0.3 is 0 Å². The first kappa shape index (κ1) is 15.0. The number of nitrogens with two attached hydrogens (primary N) is 1. The van der Waals surface area contributed by atoms with E-state index in [0.717, 1.165) is 11.1 Å². The van der Waals surface area contributed by atoms with E-state index in [-0.39, 0.29) is 6.61 Å². The zero-order valence-corrected chi connectivity index (χ0v) is 12.4. The molecule has 0 spiro atoms. The topological polar surface area (TPSA) is 46.2 Å². The predicted molar refractivity (Wildman–Crippen MR) is 84.2 cm³/mol. The number of rotatable bonds is 5. The van der Waals surface area contributed by atoms with Crippen molar-refractivity contribution in [1.82, 2.24) is 0 Å². The summed E-state index contributed by atoms with van der Waals surface area (Å²) in [5.41, 5.74) is 8.92. The Morgan fingerprint density at radius 1 is 1.15 bits per heavy atom. The summed E-state index contributed by atoms with van der Waals surface area (Å²) >= 11 is 5.91. The fraction of sp³-hybridized carbons (Fsp3) is 0.294. The maximum absolute atomic E-state index is 9.93. The van der Waals surface area contributed by atoms with Crippen molar-refractivity contribution >= 4 is 11.6 Å². The summed E-state index contributed by atoms with van der Waals surface area (Å²) in [6.07, 6.45) is 0.695. The summed E-state index contributed by atoms with van der Waals surface area (Å²) < 4.78 is 0. The molecular weight excluding hydrogens is 270 g/mol. The average molecular weight is 290 g/mol. The molecule has 20 heavy (non-hydrogen) atoms. The van der Waals surface area contributed by atoms with Crippen molar-refractivity contribution < 1.29 is 5.11 Å². The smallest absolute Gasteiger partial charge is 0.0543 e. The van der Waals surface area contributed by atoms with Gasteiger partial charge in [0, 0.05) is 17.0 Å². The summed E-state index contributed by atoms with van der Waals surface area (Å²) in [4.78, 5) is 0. The lowest BCUT2D eigenvalue weighted by Gasteiger charge is -2.31. The van der Waals surface area contributed by atoms with Gasteiger partial charge in [0.1, 0.15) is 0 Å². The number of aryl methyl sites for hydroxylation is 1. The van der Waals surface area contributed by atoms with E-state index in [1.54, 1.807) is 0 Å². The number of hydrogen-bond donors (Lipinski definition) is 2. The molecule has 2 aromatic carbocycles. The van der Waals surface area contributed by atoms with Gasteiger partial charge in [0.05, 0.1) is 6.61 Å². The number of benzene rings is 2. The van der Waals surface area contributed by atoms with E-state index in [2.05, 4.69) is 6.07 Å². The normalized spacial score (nSPS) is 14.0. The molecule has 0 aliphatic heterocycles. The van der Waals surface area contributed by atoms with Crippen LogP contribution in [0.3, 0.4) is 0 Å². The Hall–Kier alpha value is -1.35. The lowest BCUT2D eigenvalue weighted by Crippen LogP contribution is -2.41. The third-order valence-electron chi connectivity index (χ3n) is 3.78. The van der Waals surface area contributed by atoms with Gasteiger partial charge in [-0.2, -0.15) is 0 Å². The Balaban J connectivity index is 2.36. The van der Waals surface area contributed by atoms with Gasteiger partial charge in [0.15, 0.2) is 0 Å². The molecule has 0 aliphatic carbocycles. The second-order valence-corrected chi connectivity index (χ2v) is 5.75. The molecule has 2 nitrogen and oxygen atoms in total. The van der Waals surface area contributed by atoms with Crippen LogP contribution in [0.15, 0.2) is 48.5 Å². The maximum Gasteiger partial charge on any atom is 0.0543 e. The minimum absolute atomic E-state index is 0.0234. The fourth-order valence-electron chi connectivity index (χ4n) is 2.47. The van der Waals surface area contributed by atoms with Crippen molar-refractivity contribution in [1.29, 1.82) is 0 Å². The monoisotopic (exact) mass is 289 g/mol. The molecule has 0 aromatic heterocycles. The first-order chi connectivity index (χ1) is 9.59. The Labute approximate surface area is 125 Å². The summed E-state index contributed by atoms with van der Waals surface area (Å²) in [6.45, 7) is 2.47. The highest BCUT2D eigenvalue weighted by molar-refractivity contribution is 6.30. The molecule has 3 N–H and O–H groups in total. The van der Waals surface area contributed by atoms with Crippen LogP contribution < -0.4 is 5.73 Å². The van der Waals surface area contributed by atoms with E-state index < -0.39 is 5.41 Å². The van der Waals surface area contributed by atoms with Crippen LogP contribution in [0.1, 0.15) is 16.7 Å². The Morgan fingerprint density at radius 3 is 2.40 bits per heavy atom. The van der Waals surface area contributed by atoms with E-state index in [0.29, 0.717) is 18.0 Å². The van der Waals surface area contributed by atoms with Crippen molar-refractivity contribution in [2.24, 2.45) is 5.73 Å². The van der Waals surface area contributed by atoms with Crippen molar-refractivity contribution in [2.75, 3.05) is 13.2 Å². The van der Waals surface area contributed by atoms with E-state index in [1.165, 1.54) is 5.56 Å². The van der Waals surface area contributed by atoms with E-state index in [1.807, 2.05) is 49.4 Å². The summed E-state index contributed by atoms with van der Waals surface area (Å²) in [5.74, 6) is 0. The summed E-state index contributed by atoms with van der Waals surface area (Å²) in [5, 5.41) is 10.6. The number of hydrogen-bond acceptors (Lipinski definition) is 2. The summed E-state index contributed by atoms with van der Waals surface area (Å²) in [7, 11) is 0. The van der Waals surface area contributed by atoms with Gasteiger partial charge in [-0.15, -0.1) is 0 Å². The molecule has 0 saturated heterocycles. The van der Waals surface area contributed by atoms with Crippen molar-refractivity contribution in [2.45, 2.75) is 18.8 Å². The largest absolute Gasteiger partial charge is 0.395 e. The molecule has 0 radical (unpaired) electrons. The van der Waals surface area contributed by atoms with E-state index in [9.17, 15) is 5.11 Å². The van der Waals surface area contributed by atoms with Gasteiger partial charge in [0.2, 0.25) is 0 Å². The van der Waals surface area contributed by atoms with Crippen LogP contribution in [-0.4, -0.2) is 18.3 Å². The minimum atomic E-state index is -0.445. The zero-order chi connectivity index (χ0) is 14.6. The Bertz CT molecular complexity index is 561. The molecule has 106 valence electrons. The van der Waals surface area contributed by atoms with Gasteiger partial charge in [-0.1, -0.05) is 53.6 Å². The Morgan fingerprint density at radius 2 is 1.85 bits per heavy atom. The fourth-order valence-corrected chi connectivity index (χ4v) is 2.60. The quantitative estimate of drug-likeness (QED) is 0.888. The van der Waals surface area contributed by atoms with Gasteiger partial charge in [-0.3, -0.25) is 0 Å². The van der Waals surface area contributed by atoms with Crippen LogP contribution in [0, 0.1) is 6.92 Å². The lowest BCUT2D eigenvalue weighted by atomic mass is 9.76. The first-order valence-electron chi connectivity index (χ1n) is 6.72. The van der Waals surface area contributed by atoms with Crippen LogP contribution in [0.5, 0.6) is 0 Å². The molecule has 0 heterocycles. The van der Waals surface area contributed by atoms with Crippen LogP contribution in [-0.2, 0) is 11.8 Å². The predicted octanol–water partition coefficient (Wildman–Crippen LogP) is 3.08. The molecule has 3 heteroatoms. The number of aliphatic hydroxyl groups excluding tert-OH is 1. The van der Waals surface area contributed by atoms with Gasteiger partial charge in [0.25, 0.3) is 0 Å². The van der Waals surface area contributed by atoms with Gasteiger partial charge < -0.3 is 10.8 Å². The third-order valence-corrected chi connectivity index (χ3v) is 4.03. The molecule has 0 aliphatic rings. The molecule has 1 atom stereocenters. The minimum Gasteiger partial charge on any atom is -0.395 e. The molecule has 2 rings (SSSR count). The first-order valence-corrected chi connectivity index (χ1v) is 7.10. The molecule has 0 saturated carbocycles. The van der Waals surface area contributed by atoms with Crippen LogP contribution in [0.4, 0.5) is 0 Å². The number of aliphatic hydroxyl groups is 1. The average Bonchev–Trinajstić information content (AvgIpc) is 2.47. The van der Waals surface area contributed by atoms with Crippen molar-refractivity contribution in [3.05, 3.63) is 70.2 Å². The molecule has 0 amide bonds. The molecular formula is C17H20ClNO. The third kappa shape index (κ3) is 3.21. The Kier molecular flexibility index (Phi) is 4.81. The van der Waals surface area contributed by atoms with E-state index in [4.69, 9.17) is 17.3 Å². The van der Waals surface area contributed by atoms with Gasteiger partial charge in [-0.05, 0) is 36.6 Å². The molecule has 2 aromatic rings. The van der Waals surface area contributed by atoms with Crippen LogP contribution in [0.2, 0.25) is 5.02 Å². The second-order valence-electron chi connectivity index (χ2n) is 5.32. The molecule has 0 fully saturated rings. The summed E-state index contributed by atoms with van der Waals surface area (Å²) in [6, 6.07) is 15.9. The SMILES string of the molecule is Cc1cccc(C(CN)(CO)Cc2ccc(Cl)cc2)c1. The lowest BCUT2D eigenvalue weighted by molar-refractivity contribution is 0.196. The van der Waals surface area contributed by atoms with Crippen molar-refractivity contribution in [3.8, 4) is 0 Å². The number of halogens is 1. The highest BCUT2D eigenvalue weighted by Crippen LogP contribution is 2.28. The highest BCUT2D eigenvalue weighted by atomic mass is 35.5. The standard InChI is InChI=1S/C17H20ClNO/c1-13-3-2-4-15(9-13)17(11-19,12-20)10-14-5-7-16(18)8-6-14/h2-9,20H,10-12,19H2,1H3. The van der Waals surface area contributed by atoms with Crippen LogP contribution in [0.25, 0.3) is 0 Å². The zero-order valence-electron chi connectivity index (χ0n) is 11.6. The van der Waals surface area contributed by atoms with Gasteiger partial charge in [-0.25, -0.2) is 0 Å². The highest BCUT2D eigenvalue weighted by Gasteiger charge is 2.30. The second kappa shape index (κ2) is 6.40. The molecule has 1 unspecified atom stereocenters. The van der Waals surface area contributed by atoms with E-state index >= 15 is 0 Å². The van der Waals surface area contributed by atoms with Crippen molar-refractivity contribution in [3.63, 3.8) is 0 Å². The maximum atomic E-state index is 9.93. The molecule has 0 bridgehead atoms.